The Morgan fingerprint density at radius 1 is 1.38 bits per heavy atom. The third-order valence-corrected chi connectivity index (χ3v) is 3.63. The first-order valence-electron chi connectivity index (χ1n) is 4.19. The van der Waals surface area contributed by atoms with Crippen LogP contribution >= 0.6 is 0 Å². The molecule has 0 bridgehead atoms. The summed E-state index contributed by atoms with van der Waals surface area (Å²) in [5.41, 5.74) is -0.127. The van der Waals surface area contributed by atoms with Crippen LogP contribution in [0.2, 0.25) is 0 Å². The number of nitrogens with one attached hydrogen (secondary N) is 1. The summed E-state index contributed by atoms with van der Waals surface area (Å²) < 4.78 is 24.6. The monoisotopic (exact) mass is 242 g/mol. The van der Waals surface area contributed by atoms with Gasteiger partial charge in [-0.3, -0.25) is 14.9 Å². The van der Waals surface area contributed by atoms with Crippen molar-refractivity contribution >= 4 is 21.6 Å². The Bertz CT molecular complexity index is 620. The van der Waals surface area contributed by atoms with Gasteiger partial charge in [0.05, 0.1) is 10.5 Å². The number of rotatable bonds is 1. The normalized spacial score (nSPS) is 16.7. The van der Waals surface area contributed by atoms with Gasteiger partial charge >= 0.3 is 0 Å². The Balaban J connectivity index is 2.81. The third-order valence-electron chi connectivity index (χ3n) is 2.26. The minimum atomic E-state index is -3.93. The van der Waals surface area contributed by atoms with Crippen LogP contribution < -0.4 is 4.72 Å². The molecule has 8 heteroatoms. The summed E-state index contributed by atoms with van der Waals surface area (Å²) in [5, 5.41) is 10.6. The van der Waals surface area contributed by atoms with Crippen LogP contribution in [0.3, 0.4) is 0 Å². The van der Waals surface area contributed by atoms with E-state index < -0.39 is 20.9 Å². The maximum absolute atomic E-state index is 11.4. The standard InChI is InChI=1S/C8H6N2O5S/c1-4-2-5-7(3-6(4)10(12)13)16(14,15)9-8(5)11/h2-3H,1H3,(H,9,11). The molecule has 0 atom stereocenters. The zero-order chi connectivity index (χ0) is 12.1. The molecule has 1 aromatic carbocycles. The van der Waals surface area contributed by atoms with Crippen molar-refractivity contribution < 1.29 is 18.1 Å². The van der Waals surface area contributed by atoms with Gasteiger partial charge in [0.25, 0.3) is 21.6 Å². The van der Waals surface area contributed by atoms with Crippen molar-refractivity contribution in [2.75, 3.05) is 0 Å². The van der Waals surface area contributed by atoms with Crippen LogP contribution in [0.15, 0.2) is 17.0 Å². The molecule has 1 aliphatic rings. The minimum Gasteiger partial charge on any atom is -0.268 e. The summed E-state index contributed by atoms with van der Waals surface area (Å²) in [6.07, 6.45) is 0. The van der Waals surface area contributed by atoms with Crippen LogP contribution in [0.4, 0.5) is 5.69 Å². The predicted octanol–water partition coefficient (Wildman–Crippen LogP) is 0.335. The maximum Gasteiger partial charge on any atom is 0.273 e. The Morgan fingerprint density at radius 3 is 2.56 bits per heavy atom. The summed E-state index contributed by atoms with van der Waals surface area (Å²) in [4.78, 5) is 20.8. The lowest BCUT2D eigenvalue weighted by Crippen LogP contribution is -2.20. The molecular weight excluding hydrogens is 236 g/mol. The SMILES string of the molecule is Cc1cc2c(cc1[N+](=O)[O-])S(=O)(=O)NC2=O. The fourth-order valence-corrected chi connectivity index (χ4v) is 2.68. The van der Waals surface area contributed by atoms with Crippen LogP contribution in [-0.4, -0.2) is 19.2 Å². The lowest BCUT2D eigenvalue weighted by molar-refractivity contribution is -0.385. The number of hydrogen-bond donors (Lipinski definition) is 1. The Kier molecular flexibility index (Phi) is 1.99. The second-order valence-corrected chi connectivity index (χ2v) is 4.98. The number of aryl methyl sites for hydroxylation is 1. The number of carbonyl (C=O) groups excluding carboxylic acids is 1. The Morgan fingerprint density at radius 2 is 2.00 bits per heavy atom. The molecular formula is C8H6N2O5S. The van der Waals surface area contributed by atoms with Crippen LogP contribution in [0.1, 0.15) is 15.9 Å². The van der Waals surface area contributed by atoms with Crippen LogP contribution in [0.25, 0.3) is 0 Å². The van der Waals surface area contributed by atoms with Gasteiger partial charge in [0.15, 0.2) is 0 Å². The molecule has 16 heavy (non-hydrogen) atoms. The molecule has 0 aliphatic carbocycles. The molecule has 2 rings (SSSR count). The fraction of sp³-hybridized carbons (Fsp3) is 0.125. The average Bonchev–Trinajstić information content (AvgIpc) is 2.35. The first-order chi connectivity index (χ1) is 7.33. The van der Waals surface area contributed by atoms with Gasteiger partial charge in [-0.2, -0.15) is 0 Å². The van der Waals surface area contributed by atoms with E-state index >= 15 is 0 Å². The topological polar surface area (TPSA) is 106 Å². The van der Waals surface area contributed by atoms with Crippen molar-refractivity contribution in [3.8, 4) is 0 Å². The Labute approximate surface area is 90.3 Å². The second-order valence-electron chi connectivity index (χ2n) is 3.33. The van der Waals surface area contributed by atoms with E-state index in [0.29, 0.717) is 0 Å². The summed E-state index contributed by atoms with van der Waals surface area (Å²) in [5.74, 6) is -0.756. The molecule has 0 saturated carbocycles. The molecule has 1 aliphatic heterocycles. The number of nitro benzene ring substituents is 1. The van der Waals surface area contributed by atoms with E-state index in [-0.39, 0.29) is 21.7 Å². The van der Waals surface area contributed by atoms with Crippen LogP contribution in [0, 0.1) is 17.0 Å². The highest BCUT2D eigenvalue weighted by Gasteiger charge is 2.35. The van der Waals surface area contributed by atoms with Crippen molar-refractivity contribution in [1.29, 1.82) is 0 Å². The van der Waals surface area contributed by atoms with E-state index in [9.17, 15) is 23.3 Å². The number of carbonyl (C=O) groups is 1. The fourth-order valence-electron chi connectivity index (χ4n) is 1.51. The number of amides is 1. The largest absolute Gasteiger partial charge is 0.273 e. The van der Waals surface area contributed by atoms with Crippen molar-refractivity contribution in [1.82, 2.24) is 4.72 Å². The molecule has 84 valence electrons. The molecule has 0 radical (unpaired) electrons. The molecule has 1 aromatic rings. The van der Waals surface area contributed by atoms with Crippen molar-refractivity contribution in [3.05, 3.63) is 33.4 Å². The maximum atomic E-state index is 11.4. The van der Waals surface area contributed by atoms with Crippen molar-refractivity contribution in [2.24, 2.45) is 0 Å². The predicted molar refractivity (Wildman–Crippen MR) is 52.5 cm³/mol. The third kappa shape index (κ3) is 1.34. The minimum absolute atomic E-state index is 0.0527. The number of sulfonamides is 1. The van der Waals surface area contributed by atoms with E-state index in [4.69, 9.17) is 0 Å². The van der Waals surface area contributed by atoms with Gasteiger partial charge in [0.1, 0.15) is 4.90 Å². The smallest absolute Gasteiger partial charge is 0.268 e. The highest BCUT2D eigenvalue weighted by molar-refractivity contribution is 7.90. The van der Waals surface area contributed by atoms with E-state index in [1.807, 2.05) is 0 Å². The molecule has 1 N–H and O–H groups in total. The van der Waals surface area contributed by atoms with E-state index in [0.717, 1.165) is 6.07 Å². The van der Waals surface area contributed by atoms with Crippen molar-refractivity contribution in [3.63, 3.8) is 0 Å². The van der Waals surface area contributed by atoms with Crippen LogP contribution in [-0.2, 0) is 10.0 Å². The van der Waals surface area contributed by atoms with E-state index in [2.05, 4.69) is 0 Å². The number of fused-ring (bicyclic) bond motifs is 1. The number of hydrogen-bond acceptors (Lipinski definition) is 5. The zero-order valence-corrected chi connectivity index (χ0v) is 8.87. The lowest BCUT2D eigenvalue weighted by Gasteiger charge is -1.99. The highest BCUT2D eigenvalue weighted by atomic mass is 32.2. The number of nitrogens with zero attached hydrogens (tertiary/aromatic N) is 1. The summed E-state index contributed by atoms with van der Waals surface area (Å²) in [6.45, 7) is 1.44. The van der Waals surface area contributed by atoms with Gasteiger partial charge in [-0.05, 0) is 13.0 Å². The van der Waals surface area contributed by atoms with Gasteiger partial charge in [-0.25, -0.2) is 13.1 Å². The zero-order valence-electron chi connectivity index (χ0n) is 8.05. The van der Waals surface area contributed by atoms with Gasteiger partial charge < -0.3 is 0 Å². The highest BCUT2D eigenvalue weighted by Crippen LogP contribution is 2.29. The molecule has 0 spiro atoms. The van der Waals surface area contributed by atoms with Gasteiger partial charge in [0, 0.05) is 11.6 Å². The summed E-state index contributed by atoms with van der Waals surface area (Å²) in [6, 6.07) is 2.10. The lowest BCUT2D eigenvalue weighted by atomic mass is 10.1. The number of nitro groups is 1. The first kappa shape index (κ1) is 10.6. The van der Waals surface area contributed by atoms with Crippen molar-refractivity contribution in [2.45, 2.75) is 11.8 Å². The molecule has 1 amide bonds. The van der Waals surface area contributed by atoms with Gasteiger partial charge in [-0.1, -0.05) is 0 Å². The molecule has 0 fully saturated rings. The summed E-state index contributed by atoms with van der Waals surface area (Å²) >= 11 is 0. The molecule has 0 saturated heterocycles. The summed E-state index contributed by atoms with van der Waals surface area (Å²) in [7, 11) is -3.93. The second kappa shape index (κ2) is 3.01. The molecule has 1 heterocycles. The molecule has 7 nitrogen and oxygen atoms in total. The molecule has 0 unspecified atom stereocenters. The molecule has 0 aromatic heterocycles. The number of benzene rings is 1. The van der Waals surface area contributed by atoms with Crippen LogP contribution in [0.5, 0.6) is 0 Å². The first-order valence-corrected chi connectivity index (χ1v) is 5.67. The quantitative estimate of drug-likeness (QED) is 0.564. The average molecular weight is 242 g/mol. The van der Waals surface area contributed by atoms with Gasteiger partial charge in [0.2, 0.25) is 0 Å². The van der Waals surface area contributed by atoms with E-state index in [1.165, 1.54) is 13.0 Å². The van der Waals surface area contributed by atoms with E-state index in [1.54, 1.807) is 4.72 Å². The van der Waals surface area contributed by atoms with Gasteiger partial charge in [-0.15, -0.1) is 0 Å². The Hall–Kier alpha value is -1.96.